The molecule has 0 aliphatic heterocycles. The normalized spacial score (nSPS) is 19.6. The highest BCUT2D eigenvalue weighted by molar-refractivity contribution is 5.76. The van der Waals surface area contributed by atoms with Crippen LogP contribution in [0.25, 0.3) is 11.1 Å². The molecule has 0 aromatic heterocycles. The Labute approximate surface area is 205 Å². The summed E-state index contributed by atoms with van der Waals surface area (Å²) in [6.07, 6.45) is 1.40. The van der Waals surface area contributed by atoms with Gasteiger partial charge in [0.1, 0.15) is 17.4 Å². The number of hydrogen-bond acceptors (Lipinski definition) is 4. The summed E-state index contributed by atoms with van der Waals surface area (Å²) < 4.78 is 38.4. The van der Waals surface area contributed by atoms with Crippen LogP contribution < -0.4 is 9.64 Å². The molecule has 184 valence electrons. The van der Waals surface area contributed by atoms with Crippen molar-refractivity contribution in [3.05, 3.63) is 83.9 Å². The average Bonchev–Trinajstić information content (AvgIpc) is 3.29. The maximum absolute atomic E-state index is 13.7. The lowest BCUT2D eigenvalue weighted by atomic mass is 9.85. The lowest BCUT2D eigenvalue weighted by Crippen LogP contribution is -2.37. The van der Waals surface area contributed by atoms with E-state index in [4.69, 9.17) is 9.47 Å². The van der Waals surface area contributed by atoms with Gasteiger partial charge in [0.2, 0.25) is 0 Å². The molecular weight excluding hydrogens is 448 g/mol. The summed E-state index contributed by atoms with van der Waals surface area (Å²) in [7, 11) is 3.40. The van der Waals surface area contributed by atoms with Gasteiger partial charge in [0, 0.05) is 19.0 Å². The molecule has 0 saturated heterocycles. The number of ether oxygens (including phenoxy) is 2. The summed E-state index contributed by atoms with van der Waals surface area (Å²) in [5.74, 6) is -0.623. The second-order valence-electron chi connectivity index (χ2n) is 9.32. The van der Waals surface area contributed by atoms with Crippen LogP contribution in [-0.2, 0) is 9.53 Å². The molecule has 0 spiro atoms. The second-order valence-corrected chi connectivity index (χ2v) is 9.32. The van der Waals surface area contributed by atoms with Crippen molar-refractivity contribution in [1.29, 1.82) is 0 Å². The topological polar surface area (TPSA) is 38.8 Å². The van der Waals surface area contributed by atoms with E-state index in [1.54, 1.807) is 24.3 Å². The molecule has 1 saturated carbocycles. The first kappa shape index (κ1) is 24.7. The zero-order chi connectivity index (χ0) is 25.1. The van der Waals surface area contributed by atoms with Gasteiger partial charge in [0.15, 0.2) is 0 Å². The monoisotopic (exact) mass is 479 g/mol. The molecule has 1 aliphatic carbocycles. The van der Waals surface area contributed by atoms with Gasteiger partial charge < -0.3 is 14.4 Å². The number of likely N-dealkylation sites (N-methyl/N-ethyl adjacent to an activating group) is 1. The van der Waals surface area contributed by atoms with E-state index >= 15 is 0 Å². The van der Waals surface area contributed by atoms with Gasteiger partial charge in [-0.15, -0.1) is 0 Å². The standard InChI is InChI=1S/C29H31F2NO3/c1-18(2)35-27-16-9-21(19-5-10-22(30)11-6-19)17-26(27)32(3)25-15-14-24(29(33)34-4)28(25)20-7-12-23(31)13-8-20/h5-13,16-18,24-25,28H,14-15H2,1-4H3. The van der Waals surface area contributed by atoms with Crippen LogP contribution in [0.1, 0.15) is 38.2 Å². The zero-order valence-corrected chi connectivity index (χ0v) is 20.5. The van der Waals surface area contributed by atoms with Crippen molar-refractivity contribution < 1.29 is 23.0 Å². The highest BCUT2D eigenvalue weighted by atomic mass is 19.1. The van der Waals surface area contributed by atoms with Crippen LogP contribution in [0.3, 0.4) is 0 Å². The van der Waals surface area contributed by atoms with E-state index in [0.717, 1.165) is 34.5 Å². The fourth-order valence-corrected chi connectivity index (χ4v) is 5.11. The maximum Gasteiger partial charge on any atom is 0.309 e. The summed E-state index contributed by atoms with van der Waals surface area (Å²) in [6.45, 7) is 3.95. The lowest BCUT2D eigenvalue weighted by Gasteiger charge is -2.35. The van der Waals surface area contributed by atoms with Crippen molar-refractivity contribution in [3.8, 4) is 16.9 Å². The third kappa shape index (κ3) is 5.31. The number of carbonyl (C=O) groups is 1. The molecule has 4 rings (SSSR count). The summed E-state index contributed by atoms with van der Waals surface area (Å²) >= 11 is 0. The molecule has 0 bridgehead atoms. The molecule has 0 amide bonds. The quantitative estimate of drug-likeness (QED) is 0.358. The Morgan fingerprint density at radius 3 is 2.11 bits per heavy atom. The van der Waals surface area contributed by atoms with Crippen LogP contribution in [0.15, 0.2) is 66.7 Å². The molecule has 0 N–H and O–H groups in total. The van der Waals surface area contributed by atoms with Crippen molar-refractivity contribution in [2.24, 2.45) is 5.92 Å². The number of hydrogen-bond donors (Lipinski definition) is 0. The number of rotatable bonds is 7. The third-order valence-corrected chi connectivity index (χ3v) is 6.76. The molecule has 1 aliphatic rings. The minimum absolute atomic E-state index is 0.0295. The second kappa shape index (κ2) is 10.5. The van der Waals surface area contributed by atoms with Gasteiger partial charge in [-0.1, -0.05) is 30.3 Å². The SMILES string of the molecule is COC(=O)C1CCC(N(C)c2cc(-c3ccc(F)cc3)ccc2OC(C)C)C1c1ccc(F)cc1. The molecule has 4 nitrogen and oxygen atoms in total. The van der Waals surface area contributed by atoms with Crippen molar-refractivity contribution in [2.75, 3.05) is 19.1 Å². The van der Waals surface area contributed by atoms with Crippen molar-refractivity contribution in [1.82, 2.24) is 0 Å². The van der Waals surface area contributed by atoms with Gasteiger partial charge in [-0.3, -0.25) is 4.79 Å². The highest BCUT2D eigenvalue weighted by Gasteiger charge is 2.44. The summed E-state index contributed by atoms with van der Waals surface area (Å²) in [5, 5.41) is 0. The van der Waals surface area contributed by atoms with Gasteiger partial charge >= 0.3 is 5.97 Å². The van der Waals surface area contributed by atoms with E-state index in [2.05, 4.69) is 4.90 Å². The van der Waals surface area contributed by atoms with Crippen LogP contribution in [0, 0.1) is 17.6 Å². The maximum atomic E-state index is 13.7. The molecule has 3 unspecified atom stereocenters. The van der Waals surface area contributed by atoms with Crippen LogP contribution in [0.5, 0.6) is 5.75 Å². The third-order valence-electron chi connectivity index (χ3n) is 6.76. The highest BCUT2D eigenvalue weighted by Crippen LogP contribution is 2.46. The number of anilines is 1. The van der Waals surface area contributed by atoms with Gasteiger partial charge in [-0.25, -0.2) is 8.78 Å². The summed E-state index contributed by atoms with van der Waals surface area (Å²) in [4.78, 5) is 14.8. The predicted octanol–water partition coefficient (Wildman–Crippen LogP) is 6.59. The van der Waals surface area contributed by atoms with Crippen molar-refractivity contribution in [2.45, 2.75) is 44.8 Å². The lowest BCUT2D eigenvalue weighted by molar-refractivity contribution is -0.145. The largest absolute Gasteiger partial charge is 0.489 e. The first-order valence-corrected chi connectivity index (χ1v) is 11.9. The Bertz CT molecular complexity index is 1160. The Hall–Kier alpha value is -3.41. The van der Waals surface area contributed by atoms with Crippen molar-refractivity contribution >= 4 is 11.7 Å². The molecule has 35 heavy (non-hydrogen) atoms. The molecule has 6 heteroatoms. The smallest absolute Gasteiger partial charge is 0.309 e. The van der Waals surface area contributed by atoms with E-state index in [1.165, 1.54) is 31.4 Å². The van der Waals surface area contributed by atoms with Gasteiger partial charge in [-0.2, -0.15) is 0 Å². The number of nitrogens with zero attached hydrogens (tertiary/aromatic N) is 1. The van der Waals surface area contributed by atoms with E-state index in [1.807, 2.05) is 39.1 Å². The number of benzene rings is 3. The van der Waals surface area contributed by atoms with Gasteiger partial charge in [0.05, 0.1) is 24.8 Å². The number of halogens is 2. The Morgan fingerprint density at radius 1 is 0.914 bits per heavy atom. The minimum atomic E-state index is -0.326. The zero-order valence-electron chi connectivity index (χ0n) is 20.5. The van der Waals surface area contributed by atoms with Crippen LogP contribution in [0.2, 0.25) is 0 Å². The van der Waals surface area contributed by atoms with Crippen LogP contribution >= 0.6 is 0 Å². The van der Waals surface area contributed by atoms with Crippen molar-refractivity contribution in [3.63, 3.8) is 0 Å². The average molecular weight is 480 g/mol. The first-order valence-electron chi connectivity index (χ1n) is 11.9. The van der Waals surface area contributed by atoms with E-state index in [-0.39, 0.29) is 41.6 Å². The van der Waals surface area contributed by atoms with Gasteiger partial charge in [0.25, 0.3) is 0 Å². The molecular formula is C29H31F2NO3. The Morgan fingerprint density at radius 2 is 1.51 bits per heavy atom. The van der Waals surface area contributed by atoms with Crippen LogP contribution in [0.4, 0.5) is 14.5 Å². The van der Waals surface area contributed by atoms with E-state index < -0.39 is 0 Å². The molecule has 0 heterocycles. The first-order chi connectivity index (χ1) is 16.8. The van der Waals surface area contributed by atoms with Gasteiger partial charge in [-0.05, 0) is 79.8 Å². The molecule has 0 radical (unpaired) electrons. The number of carbonyl (C=O) groups excluding carboxylic acids is 1. The minimum Gasteiger partial charge on any atom is -0.489 e. The van der Waals surface area contributed by atoms with E-state index in [0.29, 0.717) is 6.42 Å². The summed E-state index contributed by atoms with van der Waals surface area (Å²) in [6, 6.07) is 18.7. The Kier molecular flexibility index (Phi) is 7.39. The molecule has 3 aromatic carbocycles. The summed E-state index contributed by atoms with van der Waals surface area (Å²) in [5.41, 5.74) is 3.61. The fourth-order valence-electron chi connectivity index (χ4n) is 5.11. The molecule has 3 aromatic rings. The number of methoxy groups -OCH3 is 1. The van der Waals surface area contributed by atoms with Crippen LogP contribution in [-0.4, -0.2) is 32.3 Å². The number of esters is 1. The fraction of sp³-hybridized carbons (Fsp3) is 0.345. The Balaban J connectivity index is 1.76. The molecule has 3 atom stereocenters. The molecule has 1 fully saturated rings. The van der Waals surface area contributed by atoms with E-state index in [9.17, 15) is 13.6 Å². The predicted molar refractivity (Wildman–Crippen MR) is 134 cm³/mol.